The molecule has 0 aromatic heterocycles. The number of benzene rings is 2. The number of halogens is 1. The van der Waals surface area contributed by atoms with E-state index in [0.29, 0.717) is 38.5 Å². The largest absolute Gasteiger partial charge is 0.484 e. The predicted octanol–water partition coefficient (Wildman–Crippen LogP) is 3.86. The molecule has 39 heavy (non-hydrogen) atoms. The molecule has 8 nitrogen and oxygen atoms in total. The zero-order valence-corrected chi connectivity index (χ0v) is 24.0. The highest BCUT2D eigenvalue weighted by Crippen LogP contribution is 2.14. The third-order valence-electron chi connectivity index (χ3n) is 6.51. The fourth-order valence-electron chi connectivity index (χ4n) is 4.19. The quantitative estimate of drug-likeness (QED) is 0.452. The predicted molar refractivity (Wildman–Crippen MR) is 152 cm³/mol. The Bertz CT molecular complexity index is 1050. The number of hydrogen-bond acceptors (Lipinski definition) is 5. The van der Waals surface area contributed by atoms with Gasteiger partial charge in [0.25, 0.3) is 5.91 Å². The van der Waals surface area contributed by atoms with Gasteiger partial charge in [-0.1, -0.05) is 24.3 Å². The zero-order valence-electron chi connectivity index (χ0n) is 24.0. The summed E-state index contributed by atoms with van der Waals surface area (Å²) in [6.07, 6.45) is 0. The molecule has 0 unspecified atom stereocenters. The van der Waals surface area contributed by atoms with Crippen molar-refractivity contribution in [3.63, 3.8) is 0 Å². The number of carbonyl (C=O) groups excluding carboxylic acids is 2. The minimum Gasteiger partial charge on any atom is -0.484 e. The van der Waals surface area contributed by atoms with Crippen molar-refractivity contribution in [2.24, 2.45) is 0 Å². The van der Waals surface area contributed by atoms with Crippen LogP contribution in [0.5, 0.6) is 5.75 Å². The Balaban J connectivity index is 1.42. The van der Waals surface area contributed by atoms with Crippen LogP contribution in [0.25, 0.3) is 0 Å². The lowest BCUT2D eigenvalue weighted by atomic mass is 10.1. The van der Waals surface area contributed by atoms with Crippen LogP contribution in [0.3, 0.4) is 0 Å². The van der Waals surface area contributed by atoms with E-state index in [9.17, 15) is 14.0 Å². The maximum Gasteiger partial charge on any atom is 0.317 e. The Kier molecular flexibility index (Phi) is 11.1. The number of piperazine rings is 1. The standard InChI is InChI=1S/C30H44FN5O3/c1-23(2)33-29(38)36(21-25-6-10-26(31)11-7-25)19-16-34-14-17-35(18-15-34)28(37)22-39-27-12-8-24(9-13-27)20-32-30(3,4)5/h6-13,23,32H,14-22H2,1-5H3,(H,33,38). The van der Waals surface area contributed by atoms with Crippen LogP contribution in [-0.4, -0.2) is 84.1 Å². The highest BCUT2D eigenvalue weighted by atomic mass is 19.1. The first-order valence-corrected chi connectivity index (χ1v) is 13.8. The van der Waals surface area contributed by atoms with Gasteiger partial charge in [0.15, 0.2) is 6.61 Å². The molecule has 3 amide bonds. The molecule has 2 N–H and O–H groups in total. The van der Waals surface area contributed by atoms with Gasteiger partial charge in [-0.2, -0.15) is 0 Å². The highest BCUT2D eigenvalue weighted by Gasteiger charge is 2.23. The SMILES string of the molecule is CC(C)NC(=O)N(CCN1CCN(C(=O)COc2ccc(CNC(C)(C)C)cc2)CC1)Cc1ccc(F)cc1. The van der Waals surface area contributed by atoms with E-state index in [1.54, 1.807) is 17.0 Å². The molecule has 0 aliphatic carbocycles. The highest BCUT2D eigenvalue weighted by molar-refractivity contribution is 5.78. The molecule has 1 aliphatic heterocycles. The van der Waals surface area contributed by atoms with Crippen molar-refractivity contribution in [1.29, 1.82) is 0 Å². The Morgan fingerprint density at radius 2 is 1.59 bits per heavy atom. The van der Waals surface area contributed by atoms with Crippen LogP contribution < -0.4 is 15.4 Å². The van der Waals surface area contributed by atoms with Crippen LogP contribution in [0.15, 0.2) is 48.5 Å². The van der Waals surface area contributed by atoms with Crippen LogP contribution in [0.2, 0.25) is 0 Å². The summed E-state index contributed by atoms with van der Waals surface area (Å²) in [7, 11) is 0. The number of hydrogen-bond donors (Lipinski definition) is 2. The van der Waals surface area contributed by atoms with Gasteiger partial charge in [-0.05, 0) is 70.0 Å². The van der Waals surface area contributed by atoms with E-state index in [4.69, 9.17) is 4.74 Å². The first-order chi connectivity index (χ1) is 18.5. The lowest BCUT2D eigenvalue weighted by Gasteiger charge is -2.36. The van der Waals surface area contributed by atoms with Crippen LogP contribution in [0.1, 0.15) is 45.7 Å². The summed E-state index contributed by atoms with van der Waals surface area (Å²) >= 11 is 0. The van der Waals surface area contributed by atoms with Crippen molar-refractivity contribution >= 4 is 11.9 Å². The summed E-state index contributed by atoms with van der Waals surface area (Å²) in [4.78, 5) is 31.3. The molecule has 0 atom stereocenters. The van der Waals surface area contributed by atoms with Gasteiger partial charge in [0.1, 0.15) is 11.6 Å². The Morgan fingerprint density at radius 1 is 0.974 bits per heavy atom. The van der Waals surface area contributed by atoms with E-state index in [0.717, 1.165) is 30.8 Å². The second-order valence-corrected chi connectivity index (χ2v) is 11.4. The lowest BCUT2D eigenvalue weighted by molar-refractivity contribution is -0.135. The van der Waals surface area contributed by atoms with Gasteiger partial charge in [0.2, 0.25) is 0 Å². The minimum absolute atomic E-state index is 0.0143. The molecular weight excluding hydrogens is 497 g/mol. The molecule has 1 heterocycles. The fourth-order valence-corrected chi connectivity index (χ4v) is 4.19. The smallest absolute Gasteiger partial charge is 0.317 e. The molecule has 1 aliphatic rings. The fraction of sp³-hybridized carbons (Fsp3) is 0.533. The van der Waals surface area contributed by atoms with Crippen molar-refractivity contribution < 1.29 is 18.7 Å². The normalized spacial score (nSPS) is 14.4. The average molecular weight is 542 g/mol. The first-order valence-electron chi connectivity index (χ1n) is 13.8. The van der Waals surface area contributed by atoms with Gasteiger partial charge in [0.05, 0.1) is 0 Å². The molecule has 3 rings (SSSR count). The van der Waals surface area contributed by atoms with E-state index in [1.165, 1.54) is 12.1 Å². The van der Waals surface area contributed by atoms with E-state index in [2.05, 4.69) is 36.3 Å². The Hall–Kier alpha value is -3.17. The third kappa shape index (κ3) is 10.8. The summed E-state index contributed by atoms with van der Waals surface area (Å²) in [5.41, 5.74) is 2.09. The molecule has 214 valence electrons. The van der Waals surface area contributed by atoms with E-state index in [1.807, 2.05) is 43.0 Å². The van der Waals surface area contributed by atoms with Gasteiger partial charge in [-0.3, -0.25) is 9.69 Å². The molecule has 0 radical (unpaired) electrons. The van der Waals surface area contributed by atoms with Crippen molar-refractivity contribution in [3.8, 4) is 5.75 Å². The second kappa shape index (κ2) is 14.3. The van der Waals surface area contributed by atoms with E-state index < -0.39 is 0 Å². The van der Waals surface area contributed by atoms with Crippen molar-refractivity contribution in [1.82, 2.24) is 25.3 Å². The minimum atomic E-state index is -0.295. The molecule has 0 saturated carbocycles. The maximum atomic E-state index is 13.3. The van der Waals surface area contributed by atoms with Gasteiger partial charge in [-0.25, -0.2) is 9.18 Å². The Labute approximate surface area is 232 Å². The summed E-state index contributed by atoms with van der Waals surface area (Å²) in [6, 6.07) is 13.9. The van der Waals surface area contributed by atoms with E-state index >= 15 is 0 Å². The van der Waals surface area contributed by atoms with Crippen LogP contribution in [0.4, 0.5) is 9.18 Å². The van der Waals surface area contributed by atoms with Crippen molar-refractivity contribution in [2.75, 3.05) is 45.9 Å². The maximum absolute atomic E-state index is 13.3. The van der Waals surface area contributed by atoms with Crippen molar-refractivity contribution in [2.45, 2.75) is 59.3 Å². The van der Waals surface area contributed by atoms with E-state index in [-0.39, 0.29) is 35.9 Å². The molecule has 2 aromatic carbocycles. The van der Waals surface area contributed by atoms with Crippen molar-refractivity contribution in [3.05, 3.63) is 65.5 Å². The first kappa shape index (κ1) is 30.4. The number of carbonyl (C=O) groups is 2. The van der Waals surface area contributed by atoms with Crippen LogP contribution in [-0.2, 0) is 17.9 Å². The molecular formula is C30H44FN5O3. The summed E-state index contributed by atoms with van der Waals surface area (Å²) in [6.45, 7) is 15.4. The number of nitrogens with zero attached hydrogens (tertiary/aromatic N) is 3. The van der Waals surface area contributed by atoms with Gasteiger partial charge in [0, 0.05) is 63.9 Å². The number of nitrogens with one attached hydrogen (secondary N) is 2. The second-order valence-electron chi connectivity index (χ2n) is 11.4. The average Bonchev–Trinajstić information content (AvgIpc) is 2.89. The van der Waals surface area contributed by atoms with Crippen LogP contribution in [0, 0.1) is 5.82 Å². The van der Waals surface area contributed by atoms with Gasteiger partial charge in [-0.15, -0.1) is 0 Å². The lowest BCUT2D eigenvalue weighted by Crippen LogP contribution is -2.52. The number of urea groups is 1. The zero-order chi connectivity index (χ0) is 28.4. The number of rotatable bonds is 11. The number of amides is 3. The molecule has 0 bridgehead atoms. The van der Waals surface area contributed by atoms with Crippen LogP contribution >= 0.6 is 0 Å². The molecule has 1 fully saturated rings. The summed E-state index contributed by atoms with van der Waals surface area (Å²) in [5.74, 6) is 0.363. The molecule has 0 spiro atoms. The summed E-state index contributed by atoms with van der Waals surface area (Å²) in [5, 5.41) is 6.41. The van der Waals surface area contributed by atoms with Gasteiger partial charge < -0.3 is 25.2 Å². The molecule has 9 heteroatoms. The topological polar surface area (TPSA) is 77.2 Å². The monoisotopic (exact) mass is 541 g/mol. The number of ether oxygens (including phenoxy) is 1. The molecule has 1 saturated heterocycles. The van der Waals surface area contributed by atoms with Gasteiger partial charge >= 0.3 is 6.03 Å². The molecule has 2 aromatic rings. The summed E-state index contributed by atoms with van der Waals surface area (Å²) < 4.78 is 19.1. The third-order valence-corrected chi connectivity index (χ3v) is 6.51. The Morgan fingerprint density at radius 3 is 2.18 bits per heavy atom.